The van der Waals surface area contributed by atoms with Crippen molar-refractivity contribution in [2.24, 2.45) is 0 Å². The molecule has 0 saturated carbocycles. The van der Waals surface area contributed by atoms with E-state index in [1.165, 1.54) is 11.3 Å². The minimum atomic E-state index is -0.761. The van der Waals surface area contributed by atoms with Crippen molar-refractivity contribution in [3.05, 3.63) is 63.5 Å². The molecule has 3 aromatic rings. The fraction of sp³-hybridized carbons (Fsp3) is 0.211. The van der Waals surface area contributed by atoms with Crippen LogP contribution in [0.3, 0.4) is 0 Å². The molecule has 2 aromatic heterocycles. The van der Waals surface area contributed by atoms with Gasteiger partial charge in [0.05, 0.1) is 24.1 Å². The zero-order valence-corrected chi connectivity index (χ0v) is 16.6. The molecule has 3 rings (SSSR count). The molecule has 10 heteroatoms. The summed E-state index contributed by atoms with van der Waals surface area (Å²) < 4.78 is 11.5. The Bertz CT molecular complexity index is 1080. The number of rotatable bonds is 7. The first kappa shape index (κ1) is 20.2. The lowest BCUT2D eigenvalue weighted by atomic mass is 10.3. The van der Waals surface area contributed by atoms with E-state index < -0.39 is 24.0 Å². The minimum absolute atomic E-state index is 0.119. The highest BCUT2D eigenvalue weighted by molar-refractivity contribution is 7.13. The Hall–Kier alpha value is -3.53. The van der Waals surface area contributed by atoms with Gasteiger partial charge in [0.25, 0.3) is 11.5 Å². The Balaban J connectivity index is 1.84. The third-order valence-corrected chi connectivity index (χ3v) is 4.47. The zero-order chi connectivity index (χ0) is 20.8. The standard InChI is InChI=1S/C19H18N4O5S/c1-3-27-18(26)17-14(28-10-15(24)21-19-20-12(2)11-29-19)9-16(25)23(22-17)13-7-5-4-6-8-13/h4-9,11H,3,10H2,1-2H3,(H,20,21,24). The molecule has 1 aromatic carbocycles. The number of carbonyl (C=O) groups excluding carboxylic acids is 2. The maximum atomic E-state index is 12.5. The van der Waals surface area contributed by atoms with Crippen LogP contribution in [0.4, 0.5) is 5.13 Å². The summed E-state index contributed by atoms with van der Waals surface area (Å²) in [7, 11) is 0. The molecule has 1 amide bonds. The van der Waals surface area contributed by atoms with Gasteiger partial charge in [-0.05, 0) is 26.0 Å². The van der Waals surface area contributed by atoms with Gasteiger partial charge < -0.3 is 9.47 Å². The second-order valence-corrected chi connectivity index (χ2v) is 6.65. The number of hydrogen-bond acceptors (Lipinski definition) is 8. The molecular formula is C19H18N4O5S. The number of anilines is 1. The molecule has 0 spiro atoms. The number of carbonyl (C=O) groups is 2. The summed E-state index contributed by atoms with van der Waals surface area (Å²) >= 11 is 1.28. The summed E-state index contributed by atoms with van der Waals surface area (Å²) in [5.74, 6) is -1.38. The average molecular weight is 414 g/mol. The van der Waals surface area contributed by atoms with Crippen molar-refractivity contribution in [2.45, 2.75) is 13.8 Å². The van der Waals surface area contributed by atoms with E-state index in [1.807, 2.05) is 6.92 Å². The van der Waals surface area contributed by atoms with E-state index in [4.69, 9.17) is 9.47 Å². The largest absolute Gasteiger partial charge is 0.481 e. The van der Waals surface area contributed by atoms with Crippen LogP contribution in [0.2, 0.25) is 0 Å². The molecule has 29 heavy (non-hydrogen) atoms. The first-order valence-electron chi connectivity index (χ1n) is 8.69. The predicted molar refractivity (Wildman–Crippen MR) is 107 cm³/mol. The van der Waals surface area contributed by atoms with E-state index in [0.29, 0.717) is 10.8 Å². The van der Waals surface area contributed by atoms with Gasteiger partial charge in [0.1, 0.15) is 0 Å². The molecule has 0 aliphatic heterocycles. The maximum absolute atomic E-state index is 12.5. The minimum Gasteiger partial charge on any atom is -0.481 e. The molecule has 0 bridgehead atoms. The maximum Gasteiger partial charge on any atom is 0.362 e. The van der Waals surface area contributed by atoms with Crippen LogP contribution in [-0.4, -0.2) is 39.9 Å². The Morgan fingerprint density at radius 1 is 1.24 bits per heavy atom. The fourth-order valence-corrected chi connectivity index (χ4v) is 3.06. The van der Waals surface area contributed by atoms with Crippen LogP contribution in [0.1, 0.15) is 23.1 Å². The number of thiazole rings is 1. The molecular weight excluding hydrogens is 396 g/mol. The van der Waals surface area contributed by atoms with Crippen molar-refractivity contribution in [2.75, 3.05) is 18.5 Å². The Morgan fingerprint density at radius 3 is 2.66 bits per heavy atom. The third-order valence-electron chi connectivity index (χ3n) is 3.59. The van der Waals surface area contributed by atoms with E-state index >= 15 is 0 Å². The van der Waals surface area contributed by atoms with Crippen molar-refractivity contribution in [3.8, 4) is 11.4 Å². The van der Waals surface area contributed by atoms with Crippen LogP contribution in [0.25, 0.3) is 5.69 Å². The van der Waals surface area contributed by atoms with Crippen molar-refractivity contribution in [3.63, 3.8) is 0 Å². The topological polar surface area (TPSA) is 112 Å². The Labute approximate surface area is 169 Å². The number of para-hydroxylation sites is 1. The number of benzene rings is 1. The highest BCUT2D eigenvalue weighted by Gasteiger charge is 2.20. The van der Waals surface area contributed by atoms with Crippen LogP contribution in [0.5, 0.6) is 5.75 Å². The summed E-state index contributed by atoms with van der Waals surface area (Å²) in [5, 5.41) is 8.90. The molecule has 0 fully saturated rings. The van der Waals surface area contributed by atoms with Crippen molar-refractivity contribution >= 4 is 28.3 Å². The number of esters is 1. The molecule has 2 heterocycles. The van der Waals surface area contributed by atoms with E-state index in [-0.39, 0.29) is 18.1 Å². The number of nitrogens with one attached hydrogen (secondary N) is 1. The lowest BCUT2D eigenvalue weighted by Gasteiger charge is -2.12. The smallest absolute Gasteiger partial charge is 0.362 e. The summed E-state index contributed by atoms with van der Waals surface area (Å²) in [4.78, 5) is 41.0. The number of aromatic nitrogens is 3. The van der Waals surface area contributed by atoms with Gasteiger partial charge in [-0.1, -0.05) is 18.2 Å². The highest BCUT2D eigenvalue weighted by Crippen LogP contribution is 2.17. The molecule has 0 saturated heterocycles. The fourth-order valence-electron chi connectivity index (χ4n) is 2.36. The van der Waals surface area contributed by atoms with E-state index in [2.05, 4.69) is 15.4 Å². The quantitative estimate of drug-likeness (QED) is 0.590. The second-order valence-electron chi connectivity index (χ2n) is 5.79. The lowest BCUT2D eigenvalue weighted by Crippen LogP contribution is -2.27. The van der Waals surface area contributed by atoms with Gasteiger partial charge in [0.2, 0.25) is 5.69 Å². The summed E-state index contributed by atoms with van der Waals surface area (Å²) in [5.41, 5.74) is 0.541. The number of ether oxygens (including phenoxy) is 2. The van der Waals surface area contributed by atoms with Gasteiger partial charge in [-0.3, -0.25) is 14.9 Å². The number of hydrogen-bond donors (Lipinski definition) is 1. The van der Waals surface area contributed by atoms with E-state index in [1.54, 1.807) is 42.6 Å². The van der Waals surface area contributed by atoms with Crippen LogP contribution in [0.15, 0.2) is 46.6 Å². The van der Waals surface area contributed by atoms with Gasteiger partial charge in [-0.2, -0.15) is 9.78 Å². The molecule has 0 radical (unpaired) electrons. The SMILES string of the molecule is CCOC(=O)c1nn(-c2ccccc2)c(=O)cc1OCC(=O)Nc1nc(C)cs1. The number of aryl methyl sites for hydroxylation is 1. The monoisotopic (exact) mass is 414 g/mol. The van der Waals surface area contributed by atoms with Crippen LogP contribution < -0.4 is 15.6 Å². The van der Waals surface area contributed by atoms with Gasteiger partial charge in [0.15, 0.2) is 17.5 Å². The van der Waals surface area contributed by atoms with Crippen LogP contribution in [-0.2, 0) is 9.53 Å². The molecule has 0 unspecified atom stereocenters. The molecule has 150 valence electrons. The Kier molecular flexibility index (Phi) is 6.35. The first-order valence-corrected chi connectivity index (χ1v) is 9.57. The van der Waals surface area contributed by atoms with Crippen LogP contribution >= 0.6 is 11.3 Å². The van der Waals surface area contributed by atoms with Crippen LogP contribution in [0, 0.1) is 6.92 Å². The van der Waals surface area contributed by atoms with Crippen molar-refractivity contribution in [1.82, 2.24) is 14.8 Å². The first-order chi connectivity index (χ1) is 14.0. The van der Waals surface area contributed by atoms with E-state index in [9.17, 15) is 14.4 Å². The van der Waals surface area contributed by atoms with Gasteiger partial charge in [0, 0.05) is 5.38 Å². The molecule has 0 aliphatic rings. The Morgan fingerprint density at radius 2 is 2.00 bits per heavy atom. The molecule has 9 nitrogen and oxygen atoms in total. The highest BCUT2D eigenvalue weighted by atomic mass is 32.1. The average Bonchev–Trinajstić information content (AvgIpc) is 3.11. The normalized spacial score (nSPS) is 10.4. The molecule has 0 atom stereocenters. The van der Waals surface area contributed by atoms with Gasteiger partial charge in [-0.15, -0.1) is 11.3 Å². The summed E-state index contributed by atoms with van der Waals surface area (Å²) in [6, 6.07) is 9.72. The lowest BCUT2D eigenvalue weighted by molar-refractivity contribution is -0.118. The van der Waals surface area contributed by atoms with E-state index in [0.717, 1.165) is 16.4 Å². The zero-order valence-electron chi connectivity index (χ0n) is 15.7. The van der Waals surface area contributed by atoms with Gasteiger partial charge in [-0.25, -0.2) is 9.78 Å². The molecule has 1 N–H and O–H groups in total. The second kappa shape index (κ2) is 9.11. The predicted octanol–water partition coefficient (Wildman–Crippen LogP) is 2.19. The summed E-state index contributed by atoms with van der Waals surface area (Å²) in [6.07, 6.45) is 0. The third kappa shape index (κ3) is 5.05. The number of nitrogens with zero attached hydrogens (tertiary/aromatic N) is 3. The van der Waals surface area contributed by atoms with Gasteiger partial charge >= 0.3 is 5.97 Å². The molecule has 0 aliphatic carbocycles. The van der Waals surface area contributed by atoms with Crippen molar-refractivity contribution in [1.29, 1.82) is 0 Å². The summed E-state index contributed by atoms with van der Waals surface area (Å²) in [6.45, 7) is 3.15. The number of amides is 1. The van der Waals surface area contributed by atoms with Crippen molar-refractivity contribution < 1.29 is 19.1 Å².